The summed E-state index contributed by atoms with van der Waals surface area (Å²) < 4.78 is 4.88. The highest BCUT2D eigenvalue weighted by atomic mass is 16.5. The highest BCUT2D eigenvalue weighted by Crippen LogP contribution is 2.37. The fourth-order valence-corrected chi connectivity index (χ4v) is 3.18. The van der Waals surface area contributed by atoms with Crippen molar-refractivity contribution in [2.24, 2.45) is 11.7 Å². The second-order valence-corrected chi connectivity index (χ2v) is 6.03. The third kappa shape index (κ3) is 3.93. The minimum Gasteiger partial charge on any atom is -0.468 e. The Balaban J connectivity index is 2.50. The van der Waals surface area contributed by atoms with Gasteiger partial charge in [0, 0.05) is 6.04 Å². The molecule has 19 heavy (non-hydrogen) atoms. The van der Waals surface area contributed by atoms with Crippen LogP contribution in [0.3, 0.4) is 0 Å². The van der Waals surface area contributed by atoms with Gasteiger partial charge in [0.15, 0.2) is 0 Å². The molecule has 0 radical (unpaired) electrons. The van der Waals surface area contributed by atoms with Crippen molar-refractivity contribution in [3.63, 3.8) is 0 Å². The van der Waals surface area contributed by atoms with Crippen LogP contribution in [0.1, 0.15) is 52.4 Å². The average Bonchev–Trinajstić information content (AvgIpc) is 2.77. The second-order valence-electron chi connectivity index (χ2n) is 6.03. The lowest BCUT2D eigenvalue weighted by atomic mass is 9.85. The van der Waals surface area contributed by atoms with Crippen LogP contribution in [-0.4, -0.2) is 43.2 Å². The summed E-state index contributed by atoms with van der Waals surface area (Å²) in [5.74, 6) is 0.0236. The molecule has 0 aromatic carbocycles. The third-order valence-electron chi connectivity index (χ3n) is 4.73. The summed E-state index contributed by atoms with van der Waals surface area (Å²) >= 11 is 0. The fourth-order valence-electron chi connectivity index (χ4n) is 3.18. The van der Waals surface area contributed by atoms with E-state index in [1.807, 2.05) is 0 Å². The molecule has 3 unspecified atom stereocenters. The molecular formula is C15H30N2O2. The topological polar surface area (TPSA) is 55.6 Å². The summed E-state index contributed by atoms with van der Waals surface area (Å²) in [7, 11) is 3.59. The van der Waals surface area contributed by atoms with Gasteiger partial charge >= 0.3 is 5.97 Å². The molecule has 0 heterocycles. The van der Waals surface area contributed by atoms with Crippen LogP contribution in [0.2, 0.25) is 0 Å². The first kappa shape index (κ1) is 16.4. The number of nitrogens with two attached hydrogens (primary N) is 1. The van der Waals surface area contributed by atoms with Gasteiger partial charge in [-0.15, -0.1) is 0 Å². The summed E-state index contributed by atoms with van der Waals surface area (Å²) in [6.07, 6.45) is 6.24. The standard InChI is InChI=1S/C15H30N2O2/c1-5-7-12(2)17(3)11-9-13-8-6-10-15(13,16)14(18)19-4/h12-13H,5-11,16H2,1-4H3. The van der Waals surface area contributed by atoms with Crippen LogP contribution in [0.25, 0.3) is 0 Å². The molecule has 0 bridgehead atoms. The van der Waals surface area contributed by atoms with Gasteiger partial charge in [-0.1, -0.05) is 19.8 Å². The molecule has 0 aromatic rings. The number of rotatable bonds is 7. The Labute approximate surface area is 117 Å². The predicted octanol–water partition coefficient (Wildman–Crippen LogP) is 2.17. The number of nitrogens with zero attached hydrogens (tertiary/aromatic N) is 1. The quantitative estimate of drug-likeness (QED) is 0.720. The summed E-state index contributed by atoms with van der Waals surface area (Å²) in [6.45, 7) is 5.47. The van der Waals surface area contributed by atoms with Gasteiger partial charge in [0.2, 0.25) is 0 Å². The van der Waals surface area contributed by atoms with Crippen molar-refractivity contribution in [1.82, 2.24) is 4.90 Å². The molecule has 1 aliphatic rings. The van der Waals surface area contributed by atoms with Crippen molar-refractivity contribution >= 4 is 5.97 Å². The highest BCUT2D eigenvalue weighted by molar-refractivity contribution is 5.81. The van der Waals surface area contributed by atoms with E-state index in [2.05, 4.69) is 25.8 Å². The molecule has 1 fully saturated rings. The fraction of sp³-hybridized carbons (Fsp3) is 0.933. The van der Waals surface area contributed by atoms with E-state index in [-0.39, 0.29) is 11.9 Å². The van der Waals surface area contributed by atoms with E-state index in [1.165, 1.54) is 20.0 Å². The maximum absolute atomic E-state index is 11.9. The second kappa shape index (κ2) is 7.25. The number of ether oxygens (including phenoxy) is 1. The molecule has 4 nitrogen and oxygen atoms in total. The van der Waals surface area contributed by atoms with Gasteiger partial charge in [0.25, 0.3) is 0 Å². The summed E-state index contributed by atoms with van der Waals surface area (Å²) in [5, 5.41) is 0. The van der Waals surface area contributed by atoms with Crippen molar-refractivity contribution in [3.8, 4) is 0 Å². The van der Waals surface area contributed by atoms with Gasteiger partial charge in [-0.25, -0.2) is 0 Å². The smallest absolute Gasteiger partial charge is 0.326 e. The van der Waals surface area contributed by atoms with Crippen LogP contribution in [0.5, 0.6) is 0 Å². The highest BCUT2D eigenvalue weighted by Gasteiger charge is 2.46. The Morgan fingerprint density at radius 1 is 1.58 bits per heavy atom. The SMILES string of the molecule is CCCC(C)N(C)CCC1CCCC1(N)C(=O)OC. The predicted molar refractivity (Wildman–Crippen MR) is 77.9 cm³/mol. The van der Waals surface area contributed by atoms with Gasteiger partial charge in [0.05, 0.1) is 7.11 Å². The van der Waals surface area contributed by atoms with Crippen LogP contribution >= 0.6 is 0 Å². The van der Waals surface area contributed by atoms with E-state index in [0.29, 0.717) is 6.04 Å². The Morgan fingerprint density at radius 2 is 2.26 bits per heavy atom. The lowest BCUT2D eigenvalue weighted by Gasteiger charge is -2.31. The van der Waals surface area contributed by atoms with E-state index in [9.17, 15) is 4.79 Å². The van der Waals surface area contributed by atoms with Gasteiger partial charge < -0.3 is 15.4 Å². The van der Waals surface area contributed by atoms with Crippen molar-refractivity contribution < 1.29 is 9.53 Å². The van der Waals surface area contributed by atoms with Crippen LogP contribution in [-0.2, 0) is 9.53 Å². The van der Waals surface area contributed by atoms with Gasteiger partial charge in [-0.3, -0.25) is 4.79 Å². The summed E-state index contributed by atoms with van der Waals surface area (Å²) in [4.78, 5) is 14.2. The summed E-state index contributed by atoms with van der Waals surface area (Å²) in [5.41, 5.74) is 5.54. The zero-order valence-electron chi connectivity index (χ0n) is 12.9. The minimum atomic E-state index is -0.746. The molecule has 0 spiro atoms. The first-order valence-corrected chi connectivity index (χ1v) is 7.53. The number of hydrogen-bond donors (Lipinski definition) is 1. The minimum absolute atomic E-state index is 0.237. The first-order valence-electron chi connectivity index (χ1n) is 7.53. The molecule has 0 saturated heterocycles. The van der Waals surface area contributed by atoms with E-state index in [0.717, 1.165) is 32.2 Å². The zero-order valence-corrected chi connectivity index (χ0v) is 12.9. The molecule has 112 valence electrons. The Bertz CT molecular complexity index is 296. The molecule has 3 atom stereocenters. The number of carbonyl (C=O) groups excluding carboxylic acids is 1. The molecule has 0 amide bonds. The van der Waals surface area contributed by atoms with Crippen LogP contribution in [0.15, 0.2) is 0 Å². The molecule has 1 aliphatic carbocycles. The molecule has 1 rings (SSSR count). The summed E-state index contributed by atoms with van der Waals surface area (Å²) in [6, 6.07) is 0.594. The Morgan fingerprint density at radius 3 is 2.84 bits per heavy atom. The van der Waals surface area contributed by atoms with E-state index in [4.69, 9.17) is 10.5 Å². The third-order valence-corrected chi connectivity index (χ3v) is 4.73. The number of methoxy groups -OCH3 is 1. The molecule has 1 saturated carbocycles. The Kier molecular flexibility index (Phi) is 6.27. The Hall–Kier alpha value is -0.610. The first-order chi connectivity index (χ1) is 8.95. The molecular weight excluding hydrogens is 240 g/mol. The molecule has 4 heteroatoms. The lowest BCUT2D eigenvalue weighted by molar-refractivity contribution is -0.148. The van der Waals surface area contributed by atoms with Crippen LogP contribution in [0.4, 0.5) is 0 Å². The van der Waals surface area contributed by atoms with Gasteiger partial charge in [-0.05, 0) is 52.1 Å². The van der Waals surface area contributed by atoms with Crippen molar-refractivity contribution in [2.45, 2.75) is 64.0 Å². The number of esters is 1. The normalized spacial score (nSPS) is 28.6. The van der Waals surface area contributed by atoms with Crippen molar-refractivity contribution in [2.75, 3.05) is 20.7 Å². The van der Waals surface area contributed by atoms with Crippen LogP contribution in [0, 0.1) is 5.92 Å². The molecule has 2 N–H and O–H groups in total. The van der Waals surface area contributed by atoms with E-state index >= 15 is 0 Å². The van der Waals surface area contributed by atoms with Crippen molar-refractivity contribution in [1.29, 1.82) is 0 Å². The zero-order chi connectivity index (χ0) is 14.5. The largest absolute Gasteiger partial charge is 0.468 e. The number of carbonyl (C=O) groups is 1. The maximum atomic E-state index is 11.9. The van der Waals surface area contributed by atoms with Gasteiger partial charge in [-0.2, -0.15) is 0 Å². The molecule has 0 aliphatic heterocycles. The van der Waals surface area contributed by atoms with Gasteiger partial charge in [0.1, 0.15) is 5.54 Å². The molecule has 0 aromatic heterocycles. The number of hydrogen-bond acceptors (Lipinski definition) is 4. The maximum Gasteiger partial charge on any atom is 0.326 e. The lowest BCUT2D eigenvalue weighted by Crippen LogP contribution is -2.52. The van der Waals surface area contributed by atoms with E-state index in [1.54, 1.807) is 0 Å². The average molecular weight is 270 g/mol. The van der Waals surface area contributed by atoms with Crippen molar-refractivity contribution in [3.05, 3.63) is 0 Å². The van der Waals surface area contributed by atoms with Crippen LogP contribution < -0.4 is 5.73 Å². The monoisotopic (exact) mass is 270 g/mol. The van der Waals surface area contributed by atoms with E-state index < -0.39 is 5.54 Å².